The molecule has 2 nitrogen and oxygen atoms in total. The Balaban J connectivity index is 2.50. The van der Waals surface area contributed by atoms with Crippen LogP contribution in [0, 0.1) is 23.3 Å². The van der Waals surface area contributed by atoms with Gasteiger partial charge in [-0.25, -0.2) is 17.6 Å². The lowest BCUT2D eigenvalue weighted by Crippen LogP contribution is -2.07. The Morgan fingerprint density at radius 3 is 1.85 bits per heavy atom. The van der Waals surface area contributed by atoms with E-state index >= 15 is 0 Å². The molecule has 20 heavy (non-hydrogen) atoms. The third-order valence-corrected chi connectivity index (χ3v) is 2.76. The van der Waals surface area contributed by atoms with Gasteiger partial charge >= 0.3 is 0 Å². The van der Waals surface area contributed by atoms with Crippen molar-refractivity contribution in [3.05, 3.63) is 64.7 Å². The lowest BCUT2D eigenvalue weighted by Gasteiger charge is -2.14. The number of aliphatic hydroxyl groups is 1. The van der Waals surface area contributed by atoms with Crippen LogP contribution in [0.2, 0.25) is 0 Å². The molecule has 0 aliphatic carbocycles. The van der Waals surface area contributed by atoms with Crippen molar-refractivity contribution in [2.75, 3.05) is 7.11 Å². The standard InChI is InChI=1S/C14H10F4O2/c1-20-10-5-11(17)13(12(18)6-10)14(19)7-2-8(15)4-9(16)3-7/h2-6,14,19H,1H3. The summed E-state index contributed by atoms with van der Waals surface area (Å²) in [6.07, 6.45) is -1.83. The summed E-state index contributed by atoms with van der Waals surface area (Å²) < 4.78 is 58.3. The Bertz CT molecular complexity index is 600. The van der Waals surface area contributed by atoms with Crippen molar-refractivity contribution in [1.29, 1.82) is 0 Å². The zero-order valence-corrected chi connectivity index (χ0v) is 10.3. The van der Waals surface area contributed by atoms with Gasteiger partial charge in [-0.05, 0) is 17.7 Å². The van der Waals surface area contributed by atoms with E-state index in [4.69, 9.17) is 0 Å². The minimum Gasteiger partial charge on any atom is -0.497 e. The molecule has 0 saturated heterocycles. The SMILES string of the molecule is COc1cc(F)c(C(O)c2cc(F)cc(F)c2)c(F)c1. The summed E-state index contributed by atoms with van der Waals surface area (Å²) in [5.41, 5.74) is -0.985. The summed E-state index contributed by atoms with van der Waals surface area (Å²) in [6.45, 7) is 0. The number of hydrogen-bond donors (Lipinski definition) is 1. The maximum atomic E-state index is 13.8. The summed E-state index contributed by atoms with van der Waals surface area (Å²) >= 11 is 0. The summed E-state index contributed by atoms with van der Waals surface area (Å²) in [5, 5.41) is 9.91. The number of benzene rings is 2. The van der Waals surface area contributed by atoms with Crippen LogP contribution >= 0.6 is 0 Å². The van der Waals surface area contributed by atoms with Crippen molar-refractivity contribution in [3.63, 3.8) is 0 Å². The molecular formula is C14H10F4O2. The van der Waals surface area contributed by atoms with Gasteiger partial charge in [0.05, 0.1) is 12.7 Å². The van der Waals surface area contributed by atoms with Crippen LogP contribution in [0.25, 0.3) is 0 Å². The van der Waals surface area contributed by atoms with Crippen LogP contribution in [-0.2, 0) is 0 Å². The van der Waals surface area contributed by atoms with E-state index in [1.54, 1.807) is 0 Å². The highest BCUT2D eigenvalue weighted by molar-refractivity contribution is 5.37. The molecule has 0 saturated carbocycles. The normalized spacial score (nSPS) is 12.3. The molecular weight excluding hydrogens is 276 g/mol. The number of rotatable bonds is 3. The molecule has 1 unspecified atom stereocenters. The van der Waals surface area contributed by atoms with Crippen molar-refractivity contribution >= 4 is 0 Å². The molecule has 1 atom stereocenters. The van der Waals surface area contributed by atoms with Gasteiger partial charge in [-0.15, -0.1) is 0 Å². The Labute approximate surface area is 112 Å². The number of hydrogen-bond acceptors (Lipinski definition) is 2. The quantitative estimate of drug-likeness (QED) is 0.877. The highest BCUT2D eigenvalue weighted by Crippen LogP contribution is 2.30. The summed E-state index contributed by atoms with van der Waals surface area (Å²) in [4.78, 5) is 0. The maximum absolute atomic E-state index is 13.8. The number of ether oxygens (including phenoxy) is 1. The summed E-state index contributed by atoms with van der Waals surface area (Å²) in [6, 6.07) is 3.94. The van der Waals surface area contributed by atoms with Crippen molar-refractivity contribution in [2.24, 2.45) is 0 Å². The van der Waals surface area contributed by atoms with E-state index in [-0.39, 0.29) is 11.3 Å². The molecule has 0 aliphatic rings. The second kappa shape index (κ2) is 5.50. The topological polar surface area (TPSA) is 29.5 Å². The zero-order valence-electron chi connectivity index (χ0n) is 10.3. The van der Waals surface area contributed by atoms with Crippen molar-refractivity contribution in [1.82, 2.24) is 0 Å². The molecule has 0 amide bonds. The van der Waals surface area contributed by atoms with Crippen LogP contribution < -0.4 is 4.74 Å². The third kappa shape index (κ3) is 2.75. The van der Waals surface area contributed by atoms with E-state index in [1.165, 1.54) is 7.11 Å². The number of methoxy groups -OCH3 is 1. The second-order valence-electron chi connectivity index (χ2n) is 4.11. The molecule has 2 rings (SSSR count). The maximum Gasteiger partial charge on any atom is 0.135 e. The molecule has 2 aromatic rings. The van der Waals surface area contributed by atoms with Crippen LogP contribution in [0.15, 0.2) is 30.3 Å². The first kappa shape index (κ1) is 14.3. The van der Waals surface area contributed by atoms with Crippen LogP contribution in [0.1, 0.15) is 17.2 Å². The van der Waals surface area contributed by atoms with Crippen LogP contribution in [0.3, 0.4) is 0 Å². The fraction of sp³-hybridized carbons (Fsp3) is 0.143. The van der Waals surface area contributed by atoms with Crippen LogP contribution in [0.5, 0.6) is 5.75 Å². The molecule has 0 fully saturated rings. The molecule has 0 bridgehead atoms. The molecule has 0 aliphatic heterocycles. The fourth-order valence-electron chi connectivity index (χ4n) is 1.84. The largest absolute Gasteiger partial charge is 0.497 e. The first-order valence-electron chi connectivity index (χ1n) is 5.59. The smallest absolute Gasteiger partial charge is 0.135 e. The first-order valence-corrected chi connectivity index (χ1v) is 5.59. The van der Waals surface area contributed by atoms with Gasteiger partial charge in [0.1, 0.15) is 35.1 Å². The van der Waals surface area contributed by atoms with Gasteiger partial charge in [-0.2, -0.15) is 0 Å². The lowest BCUT2D eigenvalue weighted by molar-refractivity contribution is 0.207. The van der Waals surface area contributed by atoms with Gasteiger partial charge in [-0.3, -0.25) is 0 Å². The molecule has 0 heterocycles. The van der Waals surface area contributed by atoms with Gasteiger partial charge in [0.25, 0.3) is 0 Å². The van der Waals surface area contributed by atoms with Crippen LogP contribution in [-0.4, -0.2) is 12.2 Å². The molecule has 0 spiro atoms. The molecule has 2 aromatic carbocycles. The van der Waals surface area contributed by atoms with Gasteiger partial charge in [0.15, 0.2) is 0 Å². The van der Waals surface area contributed by atoms with Gasteiger partial charge in [0.2, 0.25) is 0 Å². The lowest BCUT2D eigenvalue weighted by atomic mass is 10.00. The Morgan fingerprint density at radius 1 is 0.900 bits per heavy atom. The molecule has 1 N–H and O–H groups in total. The van der Waals surface area contributed by atoms with Crippen molar-refractivity contribution in [2.45, 2.75) is 6.10 Å². The second-order valence-corrected chi connectivity index (χ2v) is 4.11. The molecule has 6 heteroatoms. The van der Waals surface area contributed by atoms with Crippen molar-refractivity contribution in [3.8, 4) is 5.75 Å². The summed E-state index contributed by atoms with van der Waals surface area (Å²) in [5.74, 6) is -4.11. The number of halogens is 4. The zero-order chi connectivity index (χ0) is 14.9. The first-order chi connectivity index (χ1) is 9.42. The van der Waals surface area contributed by atoms with Crippen LogP contribution in [0.4, 0.5) is 17.6 Å². The van der Waals surface area contributed by atoms with E-state index in [2.05, 4.69) is 4.74 Å². The molecule has 0 radical (unpaired) electrons. The highest BCUT2D eigenvalue weighted by Gasteiger charge is 2.22. The highest BCUT2D eigenvalue weighted by atomic mass is 19.1. The average Bonchev–Trinajstić information content (AvgIpc) is 2.36. The number of aliphatic hydroxyl groups excluding tert-OH is 1. The Morgan fingerprint density at radius 2 is 1.40 bits per heavy atom. The Kier molecular flexibility index (Phi) is 3.94. The van der Waals surface area contributed by atoms with E-state index < -0.39 is 34.9 Å². The average molecular weight is 286 g/mol. The molecule has 0 aromatic heterocycles. The van der Waals surface area contributed by atoms with Gasteiger partial charge in [0, 0.05) is 18.2 Å². The van der Waals surface area contributed by atoms with E-state index in [0.717, 1.165) is 24.3 Å². The van der Waals surface area contributed by atoms with Crippen molar-refractivity contribution < 1.29 is 27.4 Å². The predicted molar refractivity (Wildman–Crippen MR) is 63.3 cm³/mol. The summed E-state index contributed by atoms with van der Waals surface area (Å²) in [7, 11) is 1.23. The van der Waals surface area contributed by atoms with E-state index in [1.807, 2.05) is 0 Å². The predicted octanol–water partition coefficient (Wildman–Crippen LogP) is 3.33. The van der Waals surface area contributed by atoms with Gasteiger partial charge < -0.3 is 9.84 Å². The van der Waals surface area contributed by atoms with E-state index in [9.17, 15) is 22.7 Å². The Hall–Kier alpha value is -2.08. The monoisotopic (exact) mass is 286 g/mol. The fourth-order valence-corrected chi connectivity index (χ4v) is 1.84. The minimum atomic E-state index is -1.83. The van der Waals surface area contributed by atoms with E-state index in [0.29, 0.717) is 6.07 Å². The van der Waals surface area contributed by atoms with Gasteiger partial charge in [-0.1, -0.05) is 0 Å². The minimum absolute atomic E-state index is 0.0682. The third-order valence-electron chi connectivity index (χ3n) is 2.76. The molecule has 106 valence electrons.